The topological polar surface area (TPSA) is 0 Å². The molecule has 0 heterocycles. The van der Waals surface area contributed by atoms with E-state index in [0.29, 0.717) is 16.2 Å². The molecular formula is C20H44BP. The molecule has 0 aliphatic rings. The summed E-state index contributed by atoms with van der Waals surface area (Å²) >= 11 is 0. The summed E-state index contributed by atoms with van der Waals surface area (Å²) in [6.07, 6.45) is 5.28. The fraction of sp³-hybridized carbons (Fsp3) is 1.00. The van der Waals surface area contributed by atoms with Crippen molar-refractivity contribution in [3.63, 3.8) is 0 Å². The minimum Gasteiger partial charge on any atom is -0.122 e. The first-order valence-electron chi connectivity index (χ1n) is 9.50. The molecule has 0 aromatic rings. The lowest BCUT2D eigenvalue weighted by molar-refractivity contribution is 0.155. The van der Waals surface area contributed by atoms with Crippen LogP contribution in [0.15, 0.2) is 0 Å². The fourth-order valence-corrected chi connectivity index (χ4v) is 6.42. The molecule has 0 bridgehead atoms. The summed E-state index contributed by atoms with van der Waals surface area (Å²) in [7, 11) is 3.57. The highest BCUT2D eigenvalue weighted by Crippen LogP contribution is 2.50. The Kier molecular flexibility index (Phi) is 8.74. The van der Waals surface area contributed by atoms with Crippen molar-refractivity contribution < 1.29 is 0 Å². The van der Waals surface area contributed by atoms with E-state index in [1.807, 2.05) is 0 Å². The molecule has 0 aromatic carbocycles. The molecule has 0 N–H and O–H groups in total. The summed E-state index contributed by atoms with van der Waals surface area (Å²) in [5.74, 6) is 1.62. The average Bonchev–Trinajstić information content (AvgIpc) is 2.35. The van der Waals surface area contributed by atoms with Gasteiger partial charge in [0.1, 0.15) is 7.85 Å². The summed E-state index contributed by atoms with van der Waals surface area (Å²) < 4.78 is 0. The molecule has 0 nitrogen and oxygen atoms in total. The van der Waals surface area contributed by atoms with Gasteiger partial charge in [0.15, 0.2) is 0 Å². The number of hydrogen-bond acceptors (Lipinski definition) is 0. The van der Waals surface area contributed by atoms with Crippen LogP contribution in [0.25, 0.3) is 0 Å². The standard InChI is InChI=1S/C20H44BP/c1-11-15(3)20(8,9)17(22-10)16(21)13-19(6,7)14-18(4,5)12-2/h15-17,22H,11-14,21H2,1-10H3. The molecule has 0 spiro atoms. The number of hydrogen-bond donors (Lipinski definition) is 0. The maximum atomic E-state index is 2.52. The molecule has 0 aliphatic heterocycles. The van der Waals surface area contributed by atoms with Crippen LogP contribution in [0.2, 0.25) is 5.82 Å². The SMILES string of the molecule is BC(CC(C)(C)CC(C)(C)CC)C(PC)C(C)(C)C(C)CC. The molecule has 0 saturated heterocycles. The monoisotopic (exact) mass is 326 g/mol. The predicted molar refractivity (Wildman–Crippen MR) is 111 cm³/mol. The van der Waals surface area contributed by atoms with Crippen molar-refractivity contribution in [2.45, 2.75) is 99.5 Å². The minimum atomic E-state index is 0.447. The largest absolute Gasteiger partial charge is 0.122 e. The maximum absolute atomic E-state index is 2.52. The van der Waals surface area contributed by atoms with Crippen LogP contribution in [-0.2, 0) is 0 Å². The highest BCUT2D eigenvalue weighted by Gasteiger charge is 2.38. The van der Waals surface area contributed by atoms with Crippen LogP contribution in [0.5, 0.6) is 0 Å². The summed E-state index contributed by atoms with van der Waals surface area (Å²) in [5, 5.41) is 0. The van der Waals surface area contributed by atoms with Gasteiger partial charge < -0.3 is 0 Å². The van der Waals surface area contributed by atoms with E-state index in [4.69, 9.17) is 0 Å². The van der Waals surface area contributed by atoms with Crippen LogP contribution in [0.4, 0.5) is 0 Å². The fourth-order valence-electron chi connectivity index (χ4n) is 4.70. The normalized spacial score (nSPS) is 18.6. The summed E-state index contributed by atoms with van der Waals surface area (Å²) in [6, 6.07) is 0. The third kappa shape index (κ3) is 6.55. The summed E-state index contributed by atoms with van der Waals surface area (Å²) in [6.45, 7) is 24.4. The first-order chi connectivity index (χ1) is 9.83. The van der Waals surface area contributed by atoms with Gasteiger partial charge in [-0.05, 0) is 40.9 Å². The van der Waals surface area contributed by atoms with Crippen molar-refractivity contribution in [3.05, 3.63) is 0 Å². The molecule has 0 fully saturated rings. The van der Waals surface area contributed by atoms with Crippen molar-refractivity contribution in [1.29, 1.82) is 0 Å². The molecule has 0 aliphatic carbocycles. The third-order valence-electron chi connectivity index (χ3n) is 6.35. The summed E-state index contributed by atoms with van der Waals surface area (Å²) in [4.78, 5) is 0. The van der Waals surface area contributed by atoms with E-state index in [-0.39, 0.29) is 0 Å². The van der Waals surface area contributed by atoms with Crippen LogP contribution in [0, 0.1) is 22.2 Å². The molecule has 2 heteroatoms. The molecular weight excluding hydrogens is 282 g/mol. The Morgan fingerprint density at radius 2 is 1.45 bits per heavy atom. The van der Waals surface area contributed by atoms with Gasteiger partial charge in [-0.1, -0.05) is 87.4 Å². The lowest BCUT2D eigenvalue weighted by atomic mass is 9.61. The van der Waals surface area contributed by atoms with E-state index in [1.54, 1.807) is 0 Å². The van der Waals surface area contributed by atoms with Gasteiger partial charge in [0.05, 0.1) is 0 Å². The van der Waals surface area contributed by atoms with Crippen molar-refractivity contribution in [2.75, 3.05) is 6.66 Å². The van der Waals surface area contributed by atoms with Crippen molar-refractivity contribution in [1.82, 2.24) is 0 Å². The smallest absolute Gasteiger partial charge is 0.106 e. The zero-order valence-electron chi connectivity index (χ0n) is 17.6. The molecule has 0 aromatic heterocycles. The van der Waals surface area contributed by atoms with Gasteiger partial charge in [-0.15, -0.1) is 8.58 Å². The van der Waals surface area contributed by atoms with E-state index in [2.05, 4.69) is 76.8 Å². The van der Waals surface area contributed by atoms with Crippen LogP contribution in [0.3, 0.4) is 0 Å². The molecule has 0 saturated carbocycles. The van der Waals surface area contributed by atoms with Crippen LogP contribution < -0.4 is 0 Å². The van der Waals surface area contributed by atoms with E-state index >= 15 is 0 Å². The summed E-state index contributed by atoms with van der Waals surface area (Å²) in [5.41, 5.74) is 2.23. The minimum absolute atomic E-state index is 0.447. The number of rotatable bonds is 10. The second kappa shape index (κ2) is 8.55. The van der Waals surface area contributed by atoms with Gasteiger partial charge in [0, 0.05) is 0 Å². The second-order valence-electron chi connectivity index (χ2n) is 9.94. The molecule has 22 heavy (non-hydrogen) atoms. The zero-order valence-corrected chi connectivity index (χ0v) is 18.6. The van der Waals surface area contributed by atoms with E-state index in [0.717, 1.165) is 26.0 Å². The van der Waals surface area contributed by atoms with Crippen LogP contribution >= 0.6 is 8.58 Å². The van der Waals surface area contributed by atoms with Gasteiger partial charge in [-0.3, -0.25) is 0 Å². The molecule has 4 atom stereocenters. The predicted octanol–water partition coefficient (Wildman–Crippen LogP) is 6.40. The highest BCUT2D eigenvalue weighted by molar-refractivity contribution is 7.38. The molecule has 0 radical (unpaired) electrons. The van der Waals surface area contributed by atoms with Crippen molar-refractivity contribution in [3.8, 4) is 0 Å². The third-order valence-corrected chi connectivity index (χ3v) is 8.29. The Morgan fingerprint density at radius 1 is 0.955 bits per heavy atom. The van der Waals surface area contributed by atoms with Crippen LogP contribution in [-0.4, -0.2) is 20.2 Å². The molecule has 0 rings (SSSR count). The Bertz CT molecular complexity index is 320. The van der Waals surface area contributed by atoms with Gasteiger partial charge >= 0.3 is 0 Å². The van der Waals surface area contributed by atoms with Gasteiger partial charge in [-0.2, -0.15) is 0 Å². The maximum Gasteiger partial charge on any atom is 0.106 e. The van der Waals surface area contributed by atoms with E-state index < -0.39 is 0 Å². The van der Waals surface area contributed by atoms with Gasteiger partial charge in [-0.25, -0.2) is 0 Å². The van der Waals surface area contributed by atoms with Crippen molar-refractivity contribution >= 4 is 16.4 Å². The van der Waals surface area contributed by atoms with Crippen LogP contribution in [0.1, 0.15) is 88.0 Å². The van der Waals surface area contributed by atoms with Crippen molar-refractivity contribution in [2.24, 2.45) is 22.2 Å². The Hall–Kier alpha value is 0.495. The zero-order chi connectivity index (χ0) is 17.8. The first kappa shape index (κ1) is 22.5. The molecule has 0 amide bonds. The van der Waals surface area contributed by atoms with E-state index in [9.17, 15) is 0 Å². The Balaban J connectivity index is 5.03. The Labute approximate surface area is 145 Å². The first-order valence-corrected chi connectivity index (χ1v) is 11.1. The Morgan fingerprint density at radius 3 is 1.82 bits per heavy atom. The second-order valence-corrected chi connectivity index (χ2v) is 11.1. The van der Waals surface area contributed by atoms with Gasteiger partial charge in [0.2, 0.25) is 0 Å². The lowest BCUT2D eigenvalue weighted by Crippen LogP contribution is -2.37. The molecule has 132 valence electrons. The molecule has 4 unspecified atom stereocenters. The lowest BCUT2D eigenvalue weighted by Gasteiger charge is -2.45. The average molecular weight is 326 g/mol. The van der Waals surface area contributed by atoms with E-state index in [1.165, 1.54) is 25.7 Å². The quantitative estimate of drug-likeness (QED) is 0.322. The van der Waals surface area contributed by atoms with Gasteiger partial charge in [0.25, 0.3) is 0 Å². The highest BCUT2D eigenvalue weighted by atomic mass is 31.1.